The minimum absolute atomic E-state index is 0.202. The molecule has 86 valence electrons. The molecule has 0 radical (unpaired) electrons. The molecule has 0 fully saturated rings. The summed E-state index contributed by atoms with van der Waals surface area (Å²) in [5, 5.41) is 1.29. The van der Waals surface area contributed by atoms with Crippen LogP contribution >= 0.6 is 0 Å². The summed E-state index contributed by atoms with van der Waals surface area (Å²) < 4.78 is 25.0. The molecule has 1 heterocycles. The van der Waals surface area contributed by atoms with Crippen LogP contribution in [0.5, 0.6) is 0 Å². The summed E-state index contributed by atoms with van der Waals surface area (Å²) >= 11 is 0. The van der Waals surface area contributed by atoms with Crippen molar-refractivity contribution in [1.82, 2.24) is 4.31 Å². The molecule has 17 heavy (non-hydrogen) atoms. The van der Waals surface area contributed by atoms with Crippen molar-refractivity contribution >= 4 is 26.7 Å². The van der Waals surface area contributed by atoms with Crippen molar-refractivity contribution in [3.05, 3.63) is 42.0 Å². The van der Waals surface area contributed by atoms with Crippen LogP contribution in [0, 0.1) is 0 Å². The quantitative estimate of drug-likeness (QED) is 0.710. The van der Waals surface area contributed by atoms with Crippen molar-refractivity contribution in [2.45, 2.75) is 4.90 Å². The molecule has 1 amide bonds. The molecule has 1 aliphatic rings. The van der Waals surface area contributed by atoms with Crippen molar-refractivity contribution in [2.75, 3.05) is 7.05 Å². The first-order chi connectivity index (χ1) is 8.03. The van der Waals surface area contributed by atoms with E-state index in [2.05, 4.69) is 0 Å². The molecule has 0 saturated carbocycles. The van der Waals surface area contributed by atoms with Gasteiger partial charge in [0.05, 0.1) is 4.90 Å². The standard InChI is InChI=1S/C12H9NO3S/c1-13-12(14)9-6-2-4-8-5-3-7-10(11(8)9)17(13,15)16/h2-7H,1H3. The summed E-state index contributed by atoms with van der Waals surface area (Å²) in [6, 6.07) is 10.2. The summed E-state index contributed by atoms with van der Waals surface area (Å²) in [6.45, 7) is 0. The van der Waals surface area contributed by atoms with Gasteiger partial charge in [0.15, 0.2) is 0 Å². The summed E-state index contributed by atoms with van der Waals surface area (Å²) in [6.07, 6.45) is 0. The molecule has 0 aromatic heterocycles. The third-order valence-corrected chi connectivity index (χ3v) is 4.80. The van der Waals surface area contributed by atoms with Gasteiger partial charge < -0.3 is 0 Å². The van der Waals surface area contributed by atoms with Gasteiger partial charge in [0, 0.05) is 18.0 Å². The van der Waals surface area contributed by atoms with Crippen LogP contribution in [0.1, 0.15) is 10.4 Å². The average molecular weight is 247 g/mol. The van der Waals surface area contributed by atoms with E-state index >= 15 is 0 Å². The van der Waals surface area contributed by atoms with Crippen LogP contribution in [0.15, 0.2) is 41.3 Å². The number of benzene rings is 2. The first kappa shape index (κ1) is 10.3. The first-order valence-electron chi connectivity index (χ1n) is 5.08. The van der Waals surface area contributed by atoms with E-state index in [9.17, 15) is 13.2 Å². The Bertz CT molecular complexity index is 744. The van der Waals surface area contributed by atoms with E-state index in [1.165, 1.54) is 13.1 Å². The van der Waals surface area contributed by atoms with Gasteiger partial charge in [0.2, 0.25) is 0 Å². The van der Waals surface area contributed by atoms with Crippen LogP contribution in [0.3, 0.4) is 0 Å². The smallest absolute Gasteiger partial charge is 0.268 e. The Labute approximate surface area is 98.5 Å². The Balaban J connectivity index is 2.61. The monoisotopic (exact) mass is 247 g/mol. The molecule has 3 rings (SSSR count). The highest BCUT2D eigenvalue weighted by atomic mass is 32.2. The van der Waals surface area contributed by atoms with E-state index in [1.54, 1.807) is 30.3 Å². The summed E-state index contributed by atoms with van der Waals surface area (Å²) in [5.41, 5.74) is 0.440. The predicted molar refractivity (Wildman–Crippen MR) is 63.2 cm³/mol. The lowest BCUT2D eigenvalue weighted by Gasteiger charge is -2.24. The highest BCUT2D eigenvalue weighted by molar-refractivity contribution is 7.90. The summed E-state index contributed by atoms with van der Waals surface area (Å²) in [5.74, 6) is -0.478. The van der Waals surface area contributed by atoms with E-state index in [-0.39, 0.29) is 4.90 Å². The van der Waals surface area contributed by atoms with Crippen LogP contribution in [0.2, 0.25) is 0 Å². The second kappa shape index (κ2) is 3.07. The van der Waals surface area contributed by atoms with E-state index in [0.717, 1.165) is 9.69 Å². The van der Waals surface area contributed by atoms with Gasteiger partial charge in [-0.1, -0.05) is 24.3 Å². The molecule has 1 aliphatic heterocycles. The number of carbonyl (C=O) groups excluding carboxylic acids is 1. The Kier molecular flexibility index (Phi) is 1.86. The largest absolute Gasteiger partial charge is 0.268 e. The van der Waals surface area contributed by atoms with Gasteiger partial charge in [-0.05, 0) is 17.5 Å². The molecule has 2 aromatic carbocycles. The van der Waals surface area contributed by atoms with E-state index in [0.29, 0.717) is 10.9 Å². The molecular weight excluding hydrogens is 238 g/mol. The molecule has 0 unspecified atom stereocenters. The van der Waals surface area contributed by atoms with Crippen molar-refractivity contribution in [1.29, 1.82) is 0 Å². The fourth-order valence-corrected chi connectivity index (χ4v) is 3.47. The van der Waals surface area contributed by atoms with Crippen LogP contribution in [-0.4, -0.2) is 25.7 Å². The van der Waals surface area contributed by atoms with Crippen LogP contribution < -0.4 is 0 Å². The van der Waals surface area contributed by atoms with Gasteiger partial charge >= 0.3 is 0 Å². The van der Waals surface area contributed by atoms with Gasteiger partial charge in [-0.3, -0.25) is 4.79 Å². The van der Waals surface area contributed by atoms with Gasteiger partial charge in [-0.2, -0.15) is 0 Å². The van der Waals surface area contributed by atoms with Gasteiger partial charge in [0.25, 0.3) is 15.9 Å². The molecule has 0 atom stereocenters. The van der Waals surface area contributed by atoms with Gasteiger partial charge in [-0.15, -0.1) is 0 Å². The lowest BCUT2D eigenvalue weighted by atomic mass is 10.0. The molecule has 0 spiro atoms. The average Bonchev–Trinajstić information content (AvgIpc) is 2.34. The molecule has 0 N–H and O–H groups in total. The highest BCUT2D eigenvalue weighted by Crippen LogP contribution is 2.33. The zero-order valence-corrected chi connectivity index (χ0v) is 9.86. The number of carbonyl (C=O) groups is 1. The van der Waals surface area contributed by atoms with Gasteiger partial charge in [0.1, 0.15) is 0 Å². The molecular formula is C12H9NO3S. The van der Waals surface area contributed by atoms with Crippen LogP contribution in [0.25, 0.3) is 10.8 Å². The maximum absolute atomic E-state index is 12.1. The normalized spacial score (nSPS) is 17.5. The van der Waals surface area contributed by atoms with E-state index in [1.807, 2.05) is 0 Å². The molecule has 2 aromatic rings. The minimum atomic E-state index is -3.69. The number of hydrogen-bond donors (Lipinski definition) is 0. The zero-order chi connectivity index (χ0) is 12.2. The maximum atomic E-state index is 12.1. The van der Waals surface area contributed by atoms with Crippen LogP contribution in [-0.2, 0) is 10.0 Å². The number of nitrogens with zero attached hydrogens (tertiary/aromatic N) is 1. The van der Waals surface area contributed by atoms with Crippen molar-refractivity contribution in [2.24, 2.45) is 0 Å². The molecule has 4 nitrogen and oxygen atoms in total. The third-order valence-electron chi connectivity index (χ3n) is 3.02. The number of sulfonamides is 1. The van der Waals surface area contributed by atoms with E-state index < -0.39 is 15.9 Å². The molecule has 0 aliphatic carbocycles. The fraction of sp³-hybridized carbons (Fsp3) is 0.0833. The van der Waals surface area contributed by atoms with E-state index in [4.69, 9.17) is 0 Å². The van der Waals surface area contributed by atoms with Crippen LogP contribution in [0.4, 0.5) is 0 Å². The number of amides is 1. The Morgan fingerprint density at radius 2 is 1.71 bits per heavy atom. The highest BCUT2D eigenvalue weighted by Gasteiger charge is 2.34. The first-order valence-corrected chi connectivity index (χ1v) is 6.52. The minimum Gasteiger partial charge on any atom is -0.268 e. The molecule has 0 bridgehead atoms. The summed E-state index contributed by atoms with van der Waals surface area (Å²) in [7, 11) is -2.41. The summed E-state index contributed by atoms with van der Waals surface area (Å²) in [4.78, 5) is 12.2. The Morgan fingerprint density at radius 1 is 1.06 bits per heavy atom. The number of rotatable bonds is 0. The lowest BCUT2D eigenvalue weighted by Crippen LogP contribution is -2.36. The predicted octanol–water partition coefficient (Wildman–Crippen LogP) is 1.61. The van der Waals surface area contributed by atoms with Gasteiger partial charge in [-0.25, -0.2) is 12.7 Å². The van der Waals surface area contributed by atoms with Crippen molar-refractivity contribution in [3.63, 3.8) is 0 Å². The Hall–Kier alpha value is -1.88. The third kappa shape index (κ3) is 1.17. The maximum Gasteiger partial charge on any atom is 0.268 e. The van der Waals surface area contributed by atoms with Crippen molar-refractivity contribution in [3.8, 4) is 0 Å². The number of hydrogen-bond acceptors (Lipinski definition) is 3. The topological polar surface area (TPSA) is 54.5 Å². The van der Waals surface area contributed by atoms with Crippen molar-refractivity contribution < 1.29 is 13.2 Å². The second-order valence-corrected chi connectivity index (χ2v) is 5.88. The fourth-order valence-electron chi connectivity index (χ4n) is 2.13. The SMILES string of the molecule is CN1C(=O)c2cccc3cccc(c23)S1(=O)=O. The Morgan fingerprint density at radius 3 is 2.41 bits per heavy atom. The molecule has 5 heteroatoms. The second-order valence-electron chi connectivity index (χ2n) is 3.94. The lowest BCUT2D eigenvalue weighted by molar-refractivity contribution is 0.0882. The zero-order valence-electron chi connectivity index (χ0n) is 9.04. The molecule has 0 saturated heterocycles.